The third kappa shape index (κ3) is 4.65. The van der Waals surface area contributed by atoms with Gasteiger partial charge in [0.15, 0.2) is 0 Å². The number of piperazine rings is 1. The van der Waals surface area contributed by atoms with Gasteiger partial charge in [0.1, 0.15) is 0 Å². The van der Waals surface area contributed by atoms with Crippen LogP contribution in [0.25, 0.3) is 16.9 Å². The molecule has 0 spiro atoms. The van der Waals surface area contributed by atoms with Crippen molar-refractivity contribution in [3.05, 3.63) is 83.5 Å². The molecule has 1 aliphatic heterocycles. The Bertz CT molecular complexity index is 1380. The van der Waals surface area contributed by atoms with Crippen LogP contribution < -0.4 is 4.90 Å². The molecular weight excluding hydrogens is 495 g/mol. The van der Waals surface area contributed by atoms with Gasteiger partial charge in [-0.05, 0) is 36.4 Å². The summed E-state index contributed by atoms with van der Waals surface area (Å²) >= 11 is 12.0. The highest BCUT2D eigenvalue weighted by Crippen LogP contribution is 2.26. The quantitative estimate of drug-likeness (QED) is 0.397. The smallest absolute Gasteiger partial charge is 0.243 e. The summed E-state index contributed by atoms with van der Waals surface area (Å²) in [7, 11) is -3.70. The first-order valence-corrected chi connectivity index (χ1v) is 12.7. The minimum Gasteiger partial charge on any atom is -0.338 e. The fourth-order valence-corrected chi connectivity index (χ4v) is 5.98. The minimum absolute atomic E-state index is 0.0934. The predicted molar refractivity (Wildman–Crippen MR) is 132 cm³/mol. The van der Waals surface area contributed by atoms with E-state index in [0.29, 0.717) is 32.1 Å². The molecule has 5 rings (SSSR count). The van der Waals surface area contributed by atoms with Gasteiger partial charge in [0.25, 0.3) is 0 Å². The molecule has 8 nitrogen and oxygen atoms in total. The molecule has 1 saturated heterocycles. The van der Waals surface area contributed by atoms with Gasteiger partial charge < -0.3 is 9.47 Å². The highest BCUT2D eigenvalue weighted by molar-refractivity contribution is 7.89. The highest BCUT2D eigenvalue weighted by Gasteiger charge is 2.30. The first kappa shape index (κ1) is 22.8. The summed E-state index contributed by atoms with van der Waals surface area (Å²) in [6.45, 7) is 1.55. The molecule has 174 valence electrons. The summed E-state index contributed by atoms with van der Waals surface area (Å²) in [6, 6.07) is 14.2. The predicted octanol–water partition coefficient (Wildman–Crippen LogP) is 4.15. The zero-order valence-corrected chi connectivity index (χ0v) is 20.2. The van der Waals surface area contributed by atoms with E-state index in [9.17, 15) is 8.42 Å². The lowest BCUT2D eigenvalue weighted by atomic mass is 10.1. The molecule has 1 fully saturated rings. The molecule has 0 radical (unpaired) electrons. The Kier molecular flexibility index (Phi) is 6.26. The summed E-state index contributed by atoms with van der Waals surface area (Å²) in [5.41, 5.74) is 2.77. The van der Waals surface area contributed by atoms with Crippen LogP contribution in [0, 0.1) is 0 Å². The first-order chi connectivity index (χ1) is 16.4. The lowest BCUT2D eigenvalue weighted by molar-refractivity contribution is 0.382. The fraction of sp³-hybridized carbons (Fsp3) is 0.174. The summed E-state index contributed by atoms with van der Waals surface area (Å²) in [5, 5.41) is 0.570. The van der Waals surface area contributed by atoms with Gasteiger partial charge in [-0.3, -0.25) is 0 Å². The normalized spacial score (nSPS) is 14.9. The van der Waals surface area contributed by atoms with Gasteiger partial charge >= 0.3 is 0 Å². The molecule has 0 unspecified atom stereocenters. The standard InChI is InChI=1S/C23H20Cl2N6O2S/c24-18-13-19(25)15-21(14-18)34(32,33)31-11-9-29(10-12-31)23-27-6-5-22(28-23)17-1-3-20(4-2-17)30-8-7-26-16-30/h1-8,13-16H,9-12H2. The maximum absolute atomic E-state index is 13.0. The van der Waals surface area contributed by atoms with Crippen molar-refractivity contribution in [1.82, 2.24) is 23.8 Å². The second-order valence-electron chi connectivity index (χ2n) is 7.75. The fourth-order valence-electron chi connectivity index (χ4n) is 3.83. The van der Waals surface area contributed by atoms with Gasteiger partial charge in [0, 0.05) is 66.1 Å². The maximum Gasteiger partial charge on any atom is 0.243 e. The van der Waals surface area contributed by atoms with Crippen molar-refractivity contribution in [2.75, 3.05) is 31.1 Å². The largest absolute Gasteiger partial charge is 0.338 e. The third-order valence-electron chi connectivity index (χ3n) is 5.60. The number of aromatic nitrogens is 4. The summed E-state index contributed by atoms with van der Waals surface area (Å²) in [6.07, 6.45) is 7.09. The topological polar surface area (TPSA) is 84.2 Å². The number of hydrogen-bond donors (Lipinski definition) is 0. The summed E-state index contributed by atoms with van der Waals surface area (Å²) in [5.74, 6) is 0.569. The van der Waals surface area contributed by atoms with E-state index in [2.05, 4.69) is 9.97 Å². The Balaban J connectivity index is 1.30. The number of imidazole rings is 1. The second kappa shape index (κ2) is 9.34. The molecule has 11 heteroatoms. The van der Waals surface area contributed by atoms with Crippen LogP contribution in [0.5, 0.6) is 0 Å². The van der Waals surface area contributed by atoms with E-state index in [4.69, 9.17) is 28.2 Å². The SMILES string of the molecule is O=S(=O)(c1cc(Cl)cc(Cl)c1)N1CCN(c2nccc(-c3ccc(-n4ccnc4)cc3)n2)CC1. The van der Waals surface area contributed by atoms with Crippen LogP contribution in [-0.4, -0.2) is 58.4 Å². The number of sulfonamides is 1. The van der Waals surface area contributed by atoms with E-state index in [-0.39, 0.29) is 14.9 Å². The number of rotatable bonds is 5. The molecule has 0 aliphatic carbocycles. The molecule has 34 heavy (non-hydrogen) atoms. The Morgan fingerprint density at radius 2 is 1.56 bits per heavy atom. The van der Waals surface area contributed by atoms with Crippen LogP contribution in [0.4, 0.5) is 5.95 Å². The van der Waals surface area contributed by atoms with Crippen LogP contribution in [0.3, 0.4) is 0 Å². The molecular formula is C23H20Cl2N6O2S. The number of halogens is 2. The average Bonchev–Trinajstić information content (AvgIpc) is 3.39. The van der Waals surface area contributed by atoms with Gasteiger partial charge in [-0.1, -0.05) is 35.3 Å². The van der Waals surface area contributed by atoms with Crippen LogP contribution in [0.2, 0.25) is 10.0 Å². The monoisotopic (exact) mass is 514 g/mol. The van der Waals surface area contributed by atoms with Crippen molar-refractivity contribution in [2.24, 2.45) is 0 Å². The van der Waals surface area contributed by atoms with E-state index in [1.54, 1.807) is 18.7 Å². The van der Waals surface area contributed by atoms with E-state index in [0.717, 1.165) is 16.9 Å². The Morgan fingerprint density at radius 1 is 0.853 bits per heavy atom. The summed E-state index contributed by atoms with van der Waals surface area (Å²) in [4.78, 5) is 15.3. The molecule has 0 bridgehead atoms. The maximum atomic E-state index is 13.0. The molecule has 2 aromatic carbocycles. The molecule has 1 aliphatic rings. The third-order valence-corrected chi connectivity index (χ3v) is 7.92. The van der Waals surface area contributed by atoms with Gasteiger partial charge in [-0.15, -0.1) is 0 Å². The zero-order valence-electron chi connectivity index (χ0n) is 17.9. The van der Waals surface area contributed by atoms with E-state index in [1.807, 2.05) is 46.0 Å². The van der Waals surface area contributed by atoms with E-state index >= 15 is 0 Å². The van der Waals surface area contributed by atoms with Crippen molar-refractivity contribution < 1.29 is 8.42 Å². The van der Waals surface area contributed by atoms with Crippen molar-refractivity contribution in [2.45, 2.75) is 4.90 Å². The van der Waals surface area contributed by atoms with Crippen molar-refractivity contribution in [3.8, 4) is 16.9 Å². The van der Waals surface area contributed by atoms with Crippen LogP contribution in [-0.2, 0) is 10.0 Å². The first-order valence-electron chi connectivity index (χ1n) is 10.5. The van der Waals surface area contributed by atoms with Crippen molar-refractivity contribution in [3.63, 3.8) is 0 Å². The van der Waals surface area contributed by atoms with Crippen LogP contribution in [0.1, 0.15) is 0 Å². The molecule has 2 aromatic heterocycles. The number of anilines is 1. The lowest BCUT2D eigenvalue weighted by Crippen LogP contribution is -2.49. The highest BCUT2D eigenvalue weighted by atomic mass is 35.5. The second-order valence-corrected chi connectivity index (χ2v) is 10.6. The molecule has 0 N–H and O–H groups in total. The molecule has 0 saturated carbocycles. The van der Waals surface area contributed by atoms with Gasteiger partial charge in [-0.25, -0.2) is 23.4 Å². The van der Waals surface area contributed by atoms with Crippen LogP contribution in [0.15, 0.2) is 78.3 Å². The van der Waals surface area contributed by atoms with Crippen LogP contribution >= 0.6 is 23.2 Å². The Hall–Kier alpha value is -2.98. The number of hydrogen-bond acceptors (Lipinski definition) is 6. The molecule has 0 amide bonds. The molecule has 3 heterocycles. The minimum atomic E-state index is -3.70. The van der Waals surface area contributed by atoms with Crippen molar-refractivity contribution in [1.29, 1.82) is 0 Å². The van der Waals surface area contributed by atoms with Crippen molar-refractivity contribution >= 4 is 39.2 Å². The zero-order chi connectivity index (χ0) is 23.7. The Morgan fingerprint density at radius 3 is 2.21 bits per heavy atom. The number of benzene rings is 2. The molecule has 0 atom stereocenters. The summed E-state index contributed by atoms with van der Waals surface area (Å²) < 4.78 is 29.4. The molecule has 4 aromatic rings. The van der Waals surface area contributed by atoms with Gasteiger partial charge in [-0.2, -0.15) is 4.31 Å². The van der Waals surface area contributed by atoms with Gasteiger partial charge in [0.2, 0.25) is 16.0 Å². The number of nitrogens with zero attached hydrogens (tertiary/aromatic N) is 6. The van der Waals surface area contributed by atoms with Gasteiger partial charge in [0.05, 0.1) is 16.9 Å². The van der Waals surface area contributed by atoms with E-state index < -0.39 is 10.0 Å². The average molecular weight is 515 g/mol. The van der Waals surface area contributed by atoms with E-state index in [1.165, 1.54) is 22.5 Å². The Labute approximate surface area is 207 Å². The lowest BCUT2D eigenvalue weighted by Gasteiger charge is -2.34.